The molecule has 0 bridgehead atoms. The summed E-state index contributed by atoms with van der Waals surface area (Å²) in [6.07, 6.45) is 2.75. The van der Waals surface area contributed by atoms with Crippen molar-refractivity contribution in [1.82, 2.24) is 19.6 Å². The Balaban J connectivity index is 1.09. The molecule has 0 unspecified atom stereocenters. The van der Waals surface area contributed by atoms with Crippen molar-refractivity contribution in [2.45, 2.75) is 35.9 Å². The van der Waals surface area contributed by atoms with Crippen LogP contribution in [0.15, 0.2) is 65.7 Å². The van der Waals surface area contributed by atoms with Crippen LogP contribution < -0.4 is 19.1 Å². The first-order valence-electron chi connectivity index (χ1n) is 15.6. The van der Waals surface area contributed by atoms with Crippen molar-refractivity contribution < 1.29 is 36.7 Å². The van der Waals surface area contributed by atoms with Gasteiger partial charge in [0.15, 0.2) is 5.75 Å². The van der Waals surface area contributed by atoms with Crippen LogP contribution in [-0.4, -0.2) is 91.9 Å². The molecule has 3 aliphatic rings. The molecule has 2 aromatic heterocycles. The van der Waals surface area contributed by atoms with E-state index in [9.17, 15) is 23.3 Å². The quantitative estimate of drug-likeness (QED) is 0.193. The molecule has 2 saturated heterocycles. The molecule has 0 aliphatic carbocycles. The van der Waals surface area contributed by atoms with Crippen LogP contribution in [-0.2, 0) is 14.8 Å². The second kappa shape index (κ2) is 12.7. The zero-order valence-corrected chi connectivity index (χ0v) is 26.6. The molecular formula is C32H33FN6O8S. The molecule has 16 heteroatoms. The first-order chi connectivity index (χ1) is 23.1. The van der Waals surface area contributed by atoms with Gasteiger partial charge in [-0.2, -0.15) is 4.98 Å². The number of aromatic amines is 1. The zero-order valence-electron chi connectivity index (χ0n) is 25.8. The highest BCUT2D eigenvalue weighted by Gasteiger charge is 2.39. The Morgan fingerprint density at radius 1 is 1.12 bits per heavy atom. The highest BCUT2D eigenvalue weighted by Crippen LogP contribution is 2.39. The Morgan fingerprint density at radius 3 is 2.67 bits per heavy atom. The summed E-state index contributed by atoms with van der Waals surface area (Å²) in [5.41, 5.74) is -0.615. The third-order valence-electron chi connectivity index (χ3n) is 8.96. The summed E-state index contributed by atoms with van der Waals surface area (Å²) in [7, 11) is -4.58. The van der Waals surface area contributed by atoms with E-state index in [1.165, 1.54) is 6.07 Å². The topological polar surface area (TPSA) is 169 Å². The molecule has 0 radical (unpaired) electrons. The minimum atomic E-state index is -4.58. The number of aromatic nitrogens is 2. The van der Waals surface area contributed by atoms with E-state index in [-0.39, 0.29) is 30.2 Å². The van der Waals surface area contributed by atoms with Crippen molar-refractivity contribution in [2.75, 3.05) is 51.0 Å². The molecule has 0 spiro atoms. The summed E-state index contributed by atoms with van der Waals surface area (Å²) in [6.45, 7) is 2.72. The molecule has 1 amide bonds. The van der Waals surface area contributed by atoms with Crippen LogP contribution in [0.25, 0.3) is 11.0 Å². The fourth-order valence-electron chi connectivity index (χ4n) is 6.16. The van der Waals surface area contributed by atoms with Crippen LogP contribution in [0.3, 0.4) is 0 Å². The van der Waals surface area contributed by atoms with Crippen molar-refractivity contribution in [3.8, 4) is 11.6 Å². The van der Waals surface area contributed by atoms with Gasteiger partial charge in [-0.3, -0.25) is 19.8 Å². The number of nitro groups is 1. The smallest absolute Gasteiger partial charge is 0.312 e. The Bertz CT molecular complexity index is 1980. The number of ether oxygens (including phenoxy) is 3. The number of likely N-dealkylation sites (tertiary alicyclic amines) is 1. The predicted molar refractivity (Wildman–Crippen MR) is 172 cm³/mol. The number of hydrogen-bond donors (Lipinski definition) is 2. The molecule has 252 valence electrons. The maximum atomic E-state index is 15.5. The van der Waals surface area contributed by atoms with Crippen molar-refractivity contribution in [3.63, 3.8) is 0 Å². The van der Waals surface area contributed by atoms with Gasteiger partial charge in [0.1, 0.15) is 23.6 Å². The molecule has 7 rings (SSSR count). The van der Waals surface area contributed by atoms with Crippen LogP contribution in [0.5, 0.6) is 11.6 Å². The van der Waals surface area contributed by atoms with Gasteiger partial charge >= 0.3 is 5.69 Å². The number of nitrogens with one attached hydrogen (secondary N) is 2. The Labute approximate surface area is 275 Å². The number of alkyl halides is 1. The summed E-state index contributed by atoms with van der Waals surface area (Å²) < 4.78 is 61.1. The van der Waals surface area contributed by atoms with Crippen molar-refractivity contribution in [1.29, 1.82) is 0 Å². The number of rotatable bonds is 9. The lowest BCUT2D eigenvalue weighted by Crippen LogP contribution is -2.55. The van der Waals surface area contributed by atoms with Gasteiger partial charge < -0.3 is 24.1 Å². The number of benzene rings is 2. The fourth-order valence-corrected chi connectivity index (χ4v) is 7.14. The van der Waals surface area contributed by atoms with Crippen LogP contribution in [0.1, 0.15) is 29.6 Å². The van der Waals surface area contributed by atoms with E-state index < -0.39 is 43.7 Å². The van der Waals surface area contributed by atoms with E-state index in [1.807, 2.05) is 21.8 Å². The number of sulfonamides is 1. The average Bonchev–Trinajstić information content (AvgIpc) is 3.41. The molecular weight excluding hydrogens is 647 g/mol. The summed E-state index contributed by atoms with van der Waals surface area (Å²) in [6, 6.07) is 13.5. The maximum absolute atomic E-state index is 15.5. The molecule has 14 nitrogen and oxygen atoms in total. The molecule has 2 fully saturated rings. The minimum Gasteiger partial charge on any atom is -0.483 e. The number of nitro benzene ring substituents is 1. The van der Waals surface area contributed by atoms with Gasteiger partial charge in [0.05, 0.1) is 46.9 Å². The monoisotopic (exact) mass is 680 g/mol. The number of nitrogens with zero attached hydrogens (tertiary/aromatic N) is 4. The fraction of sp³-hybridized carbons (Fsp3) is 0.375. The second-order valence-electron chi connectivity index (χ2n) is 12.1. The minimum absolute atomic E-state index is 0.0571. The van der Waals surface area contributed by atoms with Gasteiger partial charge in [-0.15, -0.1) is 0 Å². The number of carbonyl (C=O) groups excluding carboxylic acids is 1. The van der Waals surface area contributed by atoms with Gasteiger partial charge in [-0.1, -0.05) is 12.1 Å². The molecule has 0 atom stereocenters. The number of anilines is 2. The van der Waals surface area contributed by atoms with Gasteiger partial charge in [-0.25, -0.2) is 17.5 Å². The number of fused-ring (bicyclic) bond motifs is 2. The van der Waals surface area contributed by atoms with Gasteiger partial charge in [0, 0.05) is 37.3 Å². The maximum Gasteiger partial charge on any atom is 0.312 e. The van der Waals surface area contributed by atoms with E-state index in [0.717, 1.165) is 23.6 Å². The molecule has 5 heterocycles. The van der Waals surface area contributed by atoms with Crippen molar-refractivity contribution in [3.05, 3.63) is 76.5 Å². The number of carbonyl (C=O) groups is 1. The van der Waals surface area contributed by atoms with Gasteiger partial charge in [0.2, 0.25) is 5.88 Å². The second-order valence-corrected chi connectivity index (χ2v) is 13.8. The van der Waals surface area contributed by atoms with Crippen LogP contribution in [0, 0.1) is 10.1 Å². The van der Waals surface area contributed by atoms with Crippen LogP contribution in [0.4, 0.5) is 21.5 Å². The summed E-state index contributed by atoms with van der Waals surface area (Å²) in [4.78, 5) is 35.8. The largest absolute Gasteiger partial charge is 0.483 e. The normalized spacial score (nSPS) is 18.3. The predicted octanol–water partition coefficient (Wildman–Crippen LogP) is 4.09. The van der Waals surface area contributed by atoms with Crippen molar-refractivity contribution >= 4 is 44.0 Å². The number of halogens is 1. The van der Waals surface area contributed by atoms with E-state index in [1.54, 1.807) is 24.4 Å². The number of para-hydroxylation sites is 1. The highest BCUT2D eigenvalue weighted by molar-refractivity contribution is 7.90. The van der Waals surface area contributed by atoms with Gasteiger partial charge in [0.25, 0.3) is 15.9 Å². The number of hydrogen-bond acceptors (Lipinski definition) is 11. The third kappa shape index (κ3) is 6.25. The number of amides is 1. The summed E-state index contributed by atoms with van der Waals surface area (Å²) in [5, 5.41) is 12.8. The number of piperidine rings is 1. The summed E-state index contributed by atoms with van der Waals surface area (Å²) in [5.74, 6) is -0.836. The Kier molecular flexibility index (Phi) is 8.39. The SMILES string of the molecule is O=C(NS(=O)(=O)c1ccc(OCC2(F)CCN(C3COC3)CC2)c([N+](=O)[O-])c1)c1ccccc1N1CCCOc2nc3[nH]ccc3cc21. The molecule has 4 aromatic rings. The van der Waals surface area contributed by atoms with E-state index in [4.69, 9.17) is 14.2 Å². The van der Waals surface area contributed by atoms with Crippen molar-refractivity contribution in [2.24, 2.45) is 0 Å². The molecule has 2 N–H and O–H groups in total. The zero-order chi connectivity index (χ0) is 33.5. The third-order valence-corrected chi connectivity index (χ3v) is 10.3. The first kappa shape index (κ1) is 31.8. The molecule has 48 heavy (non-hydrogen) atoms. The molecule has 0 saturated carbocycles. The lowest BCUT2D eigenvalue weighted by Gasteiger charge is -2.43. The van der Waals surface area contributed by atoms with E-state index >= 15 is 4.39 Å². The average molecular weight is 681 g/mol. The van der Waals surface area contributed by atoms with E-state index in [0.29, 0.717) is 68.8 Å². The lowest BCUT2D eigenvalue weighted by molar-refractivity contribution is -0.386. The Morgan fingerprint density at radius 2 is 1.92 bits per heavy atom. The molecule has 3 aliphatic heterocycles. The van der Waals surface area contributed by atoms with Gasteiger partial charge in [-0.05, 0) is 55.7 Å². The molecule has 2 aromatic carbocycles. The first-order valence-corrected chi connectivity index (χ1v) is 17.1. The van der Waals surface area contributed by atoms with Crippen LogP contribution >= 0.6 is 0 Å². The van der Waals surface area contributed by atoms with Crippen LogP contribution in [0.2, 0.25) is 0 Å². The number of H-pyrrole nitrogens is 1. The number of pyridine rings is 1. The summed E-state index contributed by atoms with van der Waals surface area (Å²) >= 11 is 0. The lowest BCUT2D eigenvalue weighted by atomic mass is 9.93. The highest BCUT2D eigenvalue weighted by atomic mass is 32.2. The Hall–Kier alpha value is -4.80. The standard InChI is InChI=1S/C32H33FN6O8S/c33-32(9-13-37(14-10-32)22-18-45-19-22)20-47-28-7-6-23(17-26(28)39(41)42)48(43,44)36-30(40)24-4-1-2-5-25(24)38-12-3-15-46-31-27(38)16-21-8-11-34-29(21)35-31/h1-2,4-8,11,16-17,22H,3,9-10,12-15,18-20H2,(H,34,35)(H,36,40). The van der Waals surface area contributed by atoms with E-state index in [2.05, 4.69) is 14.9 Å².